The van der Waals surface area contributed by atoms with E-state index in [2.05, 4.69) is 4.98 Å². The lowest BCUT2D eigenvalue weighted by Crippen LogP contribution is -1.99. The minimum absolute atomic E-state index is 0.0200. The van der Waals surface area contributed by atoms with Crippen LogP contribution in [0.3, 0.4) is 0 Å². The highest BCUT2D eigenvalue weighted by atomic mass is 32.2. The summed E-state index contributed by atoms with van der Waals surface area (Å²) in [5.74, 6) is -1.18. The number of rotatable bonds is 3. The second-order valence-corrected chi connectivity index (χ2v) is 4.46. The third-order valence-corrected chi connectivity index (χ3v) is 3.27. The second-order valence-electron chi connectivity index (χ2n) is 3.38. The van der Waals surface area contributed by atoms with Crippen molar-refractivity contribution in [3.05, 3.63) is 53.9 Å². The van der Waals surface area contributed by atoms with E-state index >= 15 is 0 Å². The van der Waals surface area contributed by atoms with Gasteiger partial charge in [-0.15, -0.1) is 0 Å². The molecule has 2 N–H and O–H groups in total. The Hall–Kier alpha value is -1.46. The summed E-state index contributed by atoms with van der Waals surface area (Å²) in [6.07, 6.45) is 3.15. The van der Waals surface area contributed by atoms with Crippen molar-refractivity contribution in [2.75, 3.05) is 0 Å². The molecule has 1 heterocycles. The first-order valence-corrected chi connectivity index (χ1v) is 5.78. The van der Waals surface area contributed by atoms with Gasteiger partial charge in [-0.1, -0.05) is 11.8 Å². The van der Waals surface area contributed by atoms with E-state index in [1.54, 1.807) is 24.5 Å². The average molecular weight is 252 g/mol. The van der Waals surface area contributed by atoms with Crippen LogP contribution < -0.4 is 5.73 Å². The van der Waals surface area contributed by atoms with E-state index in [1.807, 2.05) is 0 Å². The molecule has 0 aliphatic heterocycles. The Kier molecular flexibility index (Phi) is 3.71. The van der Waals surface area contributed by atoms with Crippen LogP contribution in [-0.4, -0.2) is 4.98 Å². The third-order valence-electron chi connectivity index (χ3n) is 2.16. The molecule has 0 unspecified atom stereocenters. The minimum atomic E-state index is -0.590. The molecule has 0 aliphatic carbocycles. The summed E-state index contributed by atoms with van der Waals surface area (Å²) in [5, 5.41) is 0. The molecule has 5 heteroatoms. The van der Waals surface area contributed by atoms with E-state index in [9.17, 15) is 8.78 Å². The predicted octanol–water partition coefficient (Wildman–Crippen LogP) is 2.97. The monoisotopic (exact) mass is 252 g/mol. The van der Waals surface area contributed by atoms with Crippen molar-refractivity contribution in [1.82, 2.24) is 4.98 Å². The van der Waals surface area contributed by atoms with E-state index in [-0.39, 0.29) is 11.4 Å². The summed E-state index contributed by atoms with van der Waals surface area (Å²) >= 11 is 1.03. The number of hydrogen-bond donors (Lipinski definition) is 1. The second kappa shape index (κ2) is 5.25. The highest BCUT2D eigenvalue weighted by Gasteiger charge is 2.12. The maximum absolute atomic E-state index is 13.7. The summed E-state index contributed by atoms with van der Waals surface area (Å²) in [4.78, 5) is 4.56. The summed E-state index contributed by atoms with van der Waals surface area (Å²) in [6.45, 7) is 0.119. The van der Waals surface area contributed by atoms with Crippen molar-refractivity contribution in [1.29, 1.82) is 0 Å². The maximum atomic E-state index is 13.7. The Bertz CT molecular complexity index is 494. The fourth-order valence-electron chi connectivity index (χ4n) is 1.35. The molecule has 0 saturated heterocycles. The van der Waals surface area contributed by atoms with Crippen molar-refractivity contribution in [2.45, 2.75) is 16.3 Å². The molecule has 2 aromatic rings. The molecular formula is C12H10F2N2S. The highest BCUT2D eigenvalue weighted by Crippen LogP contribution is 2.32. The van der Waals surface area contributed by atoms with Crippen molar-refractivity contribution < 1.29 is 8.78 Å². The number of hydrogen-bond acceptors (Lipinski definition) is 3. The number of halogens is 2. The van der Waals surface area contributed by atoms with Gasteiger partial charge in [0.25, 0.3) is 0 Å². The Morgan fingerprint density at radius 3 is 2.24 bits per heavy atom. The normalized spacial score (nSPS) is 10.5. The number of nitrogens with zero attached hydrogens (tertiary/aromatic N) is 1. The number of nitrogens with two attached hydrogens (primary N) is 1. The van der Waals surface area contributed by atoms with Gasteiger partial charge in [-0.25, -0.2) is 8.78 Å². The molecule has 0 fully saturated rings. The third kappa shape index (κ3) is 2.81. The van der Waals surface area contributed by atoms with Crippen LogP contribution in [0, 0.1) is 11.6 Å². The zero-order valence-corrected chi connectivity index (χ0v) is 9.68. The molecule has 88 valence electrons. The molecule has 2 rings (SSSR count). The van der Waals surface area contributed by atoms with Crippen LogP contribution in [-0.2, 0) is 6.54 Å². The molecule has 1 aromatic heterocycles. The lowest BCUT2D eigenvalue weighted by molar-refractivity contribution is 0.537. The molecule has 0 spiro atoms. The smallest absolute Gasteiger partial charge is 0.140 e. The Morgan fingerprint density at radius 1 is 1.12 bits per heavy atom. The van der Waals surface area contributed by atoms with Gasteiger partial charge >= 0.3 is 0 Å². The first-order valence-electron chi connectivity index (χ1n) is 4.96. The van der Waals surface area contributed by atoms with Gasteiger partial charge in [0.1, 0.15) is 11.6 Å². The summed E-state index contributed by atoms with van der Waals surface area (Å²) < 4.78 is 27.3. The Labute approximate surface area is 102 Å². The summed E-state index contributed by atoms with van der Waals surface area (Å²) in [5.41, 5.74) is 5.79. The molecule has 0 aliphatic rings. The van der Waals surface area contributed by atoms with Gasteiger partial charge in [0, 0.05) is 23.8 Å². The van der Waals surface area contributed by atoms with E-state index < -0.39 is 11.6 Å². The molecule has 0 amide bonds. The quantitative estimate of drug-likeness (QED) is 0.912. The lowest BCUT2D eigenvalue weighted by Gasteiger charge is -2.06. The topological polar surface area (TPSA) is 38.9 Å². The van der Waals surface area contributed by atoms with Crippen LogP contribution in [0.5, 0.6) is 0 Å². The van der Waals surface area contributed by atoms with Gasteiger partial charge < -0.3 is 5.73 Å². The molecule has 0 radical (unpaired) electrons. The van der Waals surface area contributed by atoms with Crippen LogP contribution in [0.1, 0.15) is 5.56 Å². The molecular weight excluding hydrogens is 242 g/mol. The van der Waals surface area contributed by atoms with E-state index in [0.29, 0.717) is 5.56 Å². The first-order chi connectivity index (χ1) is 8.20. The van der Waals surface area contributed by atoms with Gasteiger partial charge in [-0.2, -0.15) is 0 Å². The summed E-state index contributed by atoms with van der Waals surface area (Å²) in [6, 6.07) is 5.90. The van der Waals surface area contributed by atoms with Gasteiger partial charge in [-0.05, 0) is 29.8 Å². The predicted molar refractivity (Wildman–Crippen MR) is 62.6 cm³/mol. The van der Waals surface area contributed by atoms with Crippen molar-refractivity contribution in [2.24, 2.45) is 5.73 Å². The van der Waals surface area contributed by atoms with Crippen molar-refractivity contribution in [3.63, 3.8) is 0 Å². The molecule has 0 saturated carbocycles. The van der Waals surface area contributed by atoms with E-state index in [1.165, 1.54) is 12.1 Å². The lowest BCUT2D eigenvalue weighted by atomic mass is 10.2. The maximum Gasteiger partial charge on any atom is 0.140 e. The van der Waals surface area contributed by atoms with Crippen LogP contribution >= 0.6 is 11.8 Å². The van der Waals surface area contributed by atoms with Gasteiger partial charge in [0.05, 0.1) is 4.90 Å². The van der Waals surface area contributed by atoms with Crippen LogP contribution in [0.2, 0.25) is 0 Å². The summed E-state index contributed by atoms with van der Waals surface area (Å²) in [7, 11) is 0. The Balaban J connectivity index is 2.33. The first kappa shape index (κ1) is 12.0. The minimum Gasteiger partial charge on any atom is -0.326 e. The average Bonchev–Trinajstić information content (AvgIpc) is 2.35. The SMILES string of the molecule is NCc1cc(F)c(Sc2ccncc2)c(F)c1. The van der Waals surface area contributed by atoms with Crippen LogP contribution in [0.25, 0.3) is 0 Å². The van der Waals surface area contributed by atoms with Crippen molar-refractivity contribution in [3.8, 4) is 0 Å². The number of benzene rings is 1. The van der Waals surface area contributed by atoms with Gasteiger partial charge in [-0.3, -0.25) is 4.98 Å². The fraction of sp³-hybridized carbons (Fsp3) is 0.0833. The molecule has 17 heavy (non-hydrogen) atoms. The Morgan fingerprint density at radius 2 is 1.71 bits per heavy atom. The van der Waals surface area contributed by atoms with Crippen molar-refractivity contribution >= 4 is 11.8 Å². The zero-order valence-electron chi connectivity index (χ0n) is 8.86. The fourth-order valence-corrected chi connectivity index (χ4v) is 2.16. The van der Waals surface area contributed by atoms with Gasteiger partial charge in [0.2, 0.25) is 0 Å². The molecule has 1 aromatic carbocycles. The van der Waals surface area contributed by atoms with E-state index in [0.717, 1.165) is 16.7 Å². The highest BCUT2D eigenvalue weighted by molar-refractivity contribution is 7.99. The van der Waals surface area contributed by atoms with E-state index in [4.69, 9.17) is 5.73 Å². The van der Waals surface area contributed by atoms with Crippen LogP contribution in [0.15, 0.2) is 46.5 Å². The molecule has 2 nitrogen and oxygen atoms in total. The van der Waals surface area contributed by atoms with Crippen LogP contribution in [0.4, 0.5) is 8.78 Å². The largest absolute Gasteiger partial charge is 0.326 e. The number of pyridine rings is 1. The molecule has 0 atom stereocenters. The molecule has 0 bridgehead atoms. The standard InChI is InChI=1S/C12H10F2N2S/c13-10-5-8(7-15)6-11(14)12(10)17-9-1-3-16-4-2-9/h1-6H,7,15H2. The van der Waals surface area contributed by atoms with Gasteiger partial charge in [0.15, 0.2) is 0 Å². The zero-order chi connectivity index (χ0) is 12.3. The number of aromatic nitrogens is 1.